The number of benzene rings is 2. The summed E-state index contributed by atoms with van der Waals surface area (Å²) < 4.78 is 17.5. The molecule has 30 heavy (non-hydrogen) atoms. The zero-order valence-electron chi connectivity index (χ0n) is 18.0. The van der Waals surface area contributed by atoms with Crippen LogP contribution in [-0.2, 0) is 6.42 Å². The van der Waals surface area contributed by atoms with Crippen LogP contribution in [0.25, 0.3) is 5.69 Å². The van der Waals surface area contributed by atoms with Gasteiger partial charge in [-0.25, -0.2) is 9.67 Å². The summed E-state index contributed by atoms with van der Waals surface area (Å²) in [6.45, 7) is 3.91. The highest BCUT2D eigenvalue weighted by atomic mass is 16.5. The first-order chi connectivity index (χ1) is 14.5. The molecule has 0 radical (unpaired) electrons. The lowest BCUT2D eigenvalue weighted by Gasteiger charge is -2.08. The van der Waals surface area contributed by atoms with Gasteiger partial charge in [0, 0.05) is 11.8 Å². The Hall–Kier alpha value is -3.48. The molecule has 158 valence electrons. The van der Waals surface area contributed by atoms with Gasteiger partial charge in [0.05, 0.1) is 38.3 Å². The molecule has 0 aliphatic rings. The highest BCUT2D eigenvalue weighted by molar-refractivity contribution is 6.01. The largest absolute Gasteiger partial charge is 0.497 e. The number of methoxy groups -OCH3 is 3. The van der Waals surface area contributed by atoms with Gasteiger partial charge in [-0.15, -0.1) is 0 Å². The number of hydrogen-bond acceptors (Lipinski definition) is 5. The first kappa shape index (κ1) is 21.2. The van der Waals surface area contributed by atoms with Gasteiger partial charge in [0.2, 0.25) is 0 Å². The molecule has 0 unspecified atom stereocenters. The molecule has 0 saturated heterocycles. The van der Waals surface area contributed by atoms with E-state index in [1.165, 1.54) is 0 Å². The fourth-order valence-corrected chi connectivity index (χ4v) is 3.32. The number of nitrogens with one attached hydrogen (secondary N) is 1. The van der Waals surface area contributed by atoms with Crippen molar-refractivity contribution in [2.75, 3.05) is 21.3 Å². The second-order valence-corrected chi connectivity index (χ2v) is 6.79. The van der Waals surface area contributed by atoms with Crippen molar-refractivity contribution in [1.82, 2.24) is 9.78 Å². The van der Waals surface area contributed by atoms with E-state index in [1.807, 2.05) is 37.3 Å². The standard InChI is InChI=1S/C23H27N3O4/c1-6-7-19-22(15(2)24-20-14-18(29-4)12-13-21(20)30-5)23(27)26(25-19)16-8-10-17(28-3)11-9-16/h8-14,25H,6-7H2,1-5H3. The zero-order valence-corrected chi connectivity index (χ0v) is 18.0. The third-order valence-electron chi connectivity index (χ3n) is 4.83. The predicted molar refractivity (Wildman–Crippen MR) is 118 cm³/mol. The van der Waals surface area contributed by atoms with E-state index < -0.39 is 0 Å². The summed E-state index contributed by atoms with van der Waals surface area (Å²) in [7, 11) is 4.80. The van der Waals surface area contributed by atoms with Crippen molar-refractivity contribution in [3.8, 4) is 22.9 Å². The monoisotopic (exact) mass is 409 g/mol. The molecule has 7 nitrogen and oxygen atoms in total. The molecular weight excluding hydrogens is 382 g/mol. The van der Waals surface area contributed by atoms with E-state index in [0.29, 0.717) is 28.5 Å². The second-order valence-electron chi connectivity index (χ2n) is 6.79. The fourth-order valence-electron chi connectivity index (χ4n) is 3.32. The van der Waals surface area contributed by atoms with Crippen molar-refractivity contribution in [2.45, 2.75) is 26.7 Å². The number of ether oxygens (including phenoxy) is 3. The third-order valence-corrected chi connectivity index (χ3v) is 4.83. The van der Waals surface area contributed by atoms with Crippen LogP contribution < -0.4 is 19.8 Å². The third kappa shape index (κ3) is 4.25. The molecular formula is C23H27N3O4. The Morgan fingerprint density at radius 1 is 1.00 bits per heavy atom. The zero-order chi connectivity index (χ0) is 21.7. The van der Waals surface area contributed by atoms with Crippen LogP contribution in [0.5, 0.6) is 17.2 Å². The maximum absolute atomic E-state index is 13.3. The van der Waals surface area contributed by atoms with Crippen LogP contribution in [0.1, 0.15) is 31.5 Å². The molecule has 1 N–H and O–H groups in total. The topological polar surface area (TPSA) is 77.8 Å². The molecule has 0 saturated carbocycles. The number of nitrogens with zero attached hydrogens (tertiary/aromatic N) is 2. The van der Waals surface area contributed by atoms with Gasteiger partial charge in [0.15, 0.2) is 0 Å². The first-order valence-electron chi connectivity index (χ1n) is 9.78. The van der Waals surface area contributed by atoms with E-state index in [4.69, 9.17) is 19.2 Å². The van der Waals surface area contributed by atoms with Crippen molar-refractivity contribution in [3.05, 3.63) is 64.1 Å². The van der Waals surface area contributed by atoms with Crippen molar-refractivity contribution >= 4 is 11.4 Å². The number of H-pyrrole nitrogens is 1. The fraction of sp³-hybridized carbons (Fsp3) is 0.304. The molecule has 7 heteroatoms. The number of hydrogen-bond donors (Lipinski definition) is 1. The SMILES string of the molecule is CCCc1[nH]n(-c2ccc(OC)cc2)c(=O)c1C(C)=Nc1cc(OC)ccc1OC. The van der Waals surface area contributed by atoms with E-state index in [0.717, 1.165) is 30.0 Å². The first-order valence-corrected chi connectivity index (χ1v) is 9.78. The van der Waals surface area contributed by atoms with E-state index in [1.54, 1.807) is 38.1 Å². The molecule has 1 heterocycles. The molecule has 0 bridgehead atoms. The second kappa shape index (κ2) is 9.35. The minimum Gasteiger partial charge on any atom is -0.497 e. The van der Waals surface area contributed by atoms with Crippen LogP contribution in [0.2, 0.25) is 0 Å². The average Bonchev–Trinajstić information content (AvgIpc) is 3.09. The van der Waals surface area contributed by atoms with E-state index >= 15 is 0 Å². The molecule has 0 fully saturated rings. The van der Waals surface area contributed by atoms with E-state index in [2.05, 4.69) is 12.0 Å². The number of rotatable bonds is 8. The lowest BCUT2D eigenvalue weighted by atomic mass is 10.1. The Morgan fingerprint density at radius 3 is 2.27 bits per heavy atom. The van der Waals surface area contributed by atoms with E-state index in [-0.39, 0.29) is 5.56 Å². The summed E-state index contributed by atoms with van der Waals surface area (Å²) >= 11 is 0. The van der Waals surface area contributed by atoms with Crippen molar-refractivity contribution < 1.29 is 14.2 Å². The van der Waals surface area contributed by atoms with Crippen LogP contribution >= 0.6 is 0 Å². The Balaban J connectivity index is 2.11. The molecule has 3 rings (SSSR count). The normalized spacial score (nSPS) is 11.4. The quantitative estimate of drug-likeness (QED) is 0.563. The number of aryl methyl sites for hydroxylation is 1. The smallest absolute Gasteiger partial charge is 0.280 e. The summed E-state index contributed by atoms with van der Waals surface area (Å²) in [5.74, 6) is 2.01. The summed E-state index contributed by atoms with van der Waals surface area (Å²) in [4.78, 5) is 18.0. The van der Waals surface area contributed by atoms with Gasteiger partial charge in [-0.2, -0.15) is 0 Å². The van der Waals surface area contributed by atoms with Gasteiger partial charge < -0.3 is 14.2 Å². The van der Waals surface area contributed by atoms with Crippen molar-refractivity contribution in [2.24, 2.45) is 4.99 Å². The maximum atomic E-state index is 13.3. The van der Waals surface area contributed by atoms with Gasteiger partial charge in [0.25, 0.3) is 5.56 Å². The molecule has 0 amide bonds. The Labute approximate surface area is 175 Å². The highest BCUT2D eigenvalue weighted by Crippen LogP contribution is 2.32. The minimum absolute atomic E-state index is 0.147. The van der Waals surface area contributed by atoms with Gasteiger partial charge >= 0.3 is 0 Å². The van der Waals surface area contributed by atoms with Crippen LogP contribution in [0.4, 0.5) is 5.69 Å². The number of aliphatic imine (C=N–C) groups is 1. The van der Waals surface area contributed by atoms with Gasteiger partial charge in [-0.05, 0) is 49.7 Å². The van der Waals surface area contributed by atoms with Gasteiger partial charge in [0.1, 0.15) is 22.9 Å². The van der Waals surface area contributed by atoms with Crippen molar-refractivity contribution in [1.29, 1.82) is 0 Å². The van der Waals surface area contributed by atoms with Crippen LogP contribution in [0.3, 0.4) is 0 Å². The molecule has 0 atom stereocenters. The Kier molecular flexibility index (Phi) is 6.61. The Morgan fingerprint density at radius 2 is 1.67 bits per heavy atom. The van der Waals surface area contributed by atoms with Crippen LogP contribution in [-0.4, -0.2) is 36.8 Å². The average molecular weight is 409 g/mol. The lowest BCUT2D eigenvalue weighted by Crippen LogP contribution is -2.19. The molecule has 0 spiro atoms. The maximum Gasteiger partial charge on any atom is 0.280 e. The molecule has 1 aromatic heterocycles. The molecule has 0 aliphatic heterocycles. The summed E-state index contributed by atoms with van der Waals surface area (Å²) in [5.41, 5.74) is 3.22. The van der Waals surface area contributed by atoms with Crippen LogP contribution in [0.15, 0.2) is 52.3 Å². The van der Waals surface area contributed by atoms with Crippen LogP contribution in [0, 0.1) is 0 Å². The molecule has 2 aromatic carbocycles. The predicted octanol–water partition coefficient (Wildman–Crippen LogP) is 4.28. The highest BCUT2D eigenvalue weighted by Gasteiger charge is 2.18. The minimum atomic E-state index is -0.147. The number of aromatic nitrogens is 2. The van der Waals surface area contributed by atoms with E-state index in [9.17, 15) is 4.79 Å². The summed E-state index contributed by atoms with van der Waals surface area (Å²) in [6.07, 6.45) is 1.63. The van der Waals surface area contributed by atoms with Crippen molar-refractivity contribution in [3.63, 3.8) is 0 Å². The van der Waals surface area contributed by atoms with Gasteiger partial charge in [-0.3, -0.25) is 9.89 Å². The van der Waals surface area contributed by atoms with Gasteiger partial charge in [-0.1, -0.05) is 13.3 Å². The summed E-state index contributed by atoms with van der Waals surface area (Å²) in [5, 5.41) is 3.25. The Bertz CT molecular complexity index is 1090. The number of aromatic amines is 1. The lowest BCUT2D eigenvalue weighted by molar-refractivity contribution is 0.404. The molecule has 3 aromatic rings. The molecule has 0 aliphatic carbocycles. The summed E-state index contributed by atoms with van der Waals surface area (Å²) in [6, 6.07) is 12.7.